The number of anilines is 1. The first kappa shape index (κ1) is 30.0. The normalized spacial score (nSPS) is 17.6. The number of rotatable bonds is 6. The van der Waals surface area contributed by atoms with Gasteiger partial charge in [-0.3, -0.25) is 9.69 Å². The van der Waals surface area contributed by atoms with Gasteiger partial charge in [0.25, 0.3) is 0 Å². The maximum absolute atomic E-state index is 13.5. The van der Waals surface area contributed by atoms with Gasteiger partial charge in [0.05, 0.1) is 30.4 Å². The van der Waals surface area contributed by atoms with Crippen LogP contribution in [0.1, 0.15) is 69.0 Å². The minimum absolute atomic E-state index is 0.0431. The van der Waals surface area contributed by atoms with Crippen LogP contribution in [0.4, 0.5) is 36.8 Å². The van der Waals surface area contributed by atoms with E-state index in [0.29, 0.717) is 29.9 Å². The van der Waals surface area contributed by atoms with Crippen molar-refractivity contribution in [1.29, 1.82) is 0 Å². The van der Waals surface area contributed by atoms with E-state index in [-0.39, 0.29) is 23.9 Å². The Morgan fingerprint density at radius 2 is 1.67 bits per heavy atom. The summed E-state index contributed by atoms with van der Waals surface area (Å²) in [6.07, 6.45) is -10.5. The Morgan fingerprint density at radius 1 is 1.08 bits per heavy atom. The lowest BCUT2D eigenvalue weighted by molar-refractivity contribution is -0.410. The number of fused-ring (bicyclic) bond motifs is 1. The molecule has 2 unspecified atom stereocenters. The van der Waals surface area contributed by atoms with E-state index in [1.807, 2.05) is 6.92 Å². The Hall–Kier alpha value is -3.51. The SMILES string of the molecule is CCC1CC(N(Cc2cc(C(F)(F)F)cc(C(F)(F)F)c2)C(C)=O)c2[nH+]c(OC)ccc2N1C(=O)OC(C)C. The molecule has 39 heavy (non-hydrogen) atoms. The number of aromatic nitrogens is 1. The molecule has 1 aromatic heterocycles. The highest BCUT2D eigenvalue weighted by atomic mass is 19.4. The van der Waals surface area contributed by atoms with E-state index in [2.05, 4.69) is 4.98 Å². The van der Waals surface area contributed by atoms with Crippen LogP contribution in [0.5, 0.6) is 5.88 Å². The second-order valence-corrected chi connectivity index (χ2v) is 9.50. The van der Waals surface area contributed by atoms with Crippen molar-refractivity contribution in [2.45, 2.75) is 77.6 Å². The maximum atomic E-state index is 13.5. The third-order valence-electron chi connectivity index (χ3n) is 6.39. The van der Waals surface area contributed by atoms with Crippen molar-refractivity contribution in [3.63, 3.8) is 0 Å². The fourth-order valence-corrected chi connectivity index (χ4v) is 4.63. The number of hydrogen-bond acceptors (Lipinski definition) is 4. The lowest BCUT2D eigenvalue weighted by atomic mass is 9.91. The minimum atomic E-state index is -5.03. The zero-order valence-corrected chi connectivity index (χ0v) is 22.0. The van der Waals surface area contributed by atoms with Crippen LogP contribution < -0.4 is 14.6 Å². The Bertz CT molecular complexity index is 1180. The van der Waals surface area contributed by atoms with E-state index in [1.54, 1.807) is 26.0 Å². The summed E-state index contributed by atoms with van der Waals surface area (Å²) in [5.74, 6) is -0.311. The molecule has 0 aliphatic carbocycles. The first-order valence-electron chi connectivity index (χ1n) is 12.2. The summed E-state index contributed by atoms with van der Waals surface area (Å²) in [6.45, 7) is 5.84. The van der Waals surface area contributed by atoms with Crippen molar-refractivity contribution in [2.75, 3.05) is 12.0 Å². The summed E-state index contributed by atoms with van der Waals surface area (Å²) in [5.41, 5.74) is -2.59. The van der Waals surface area contributed by atoms with E-state index < -0.39 is 60.2 Å². The van der Waals surface area contributed by atoms with Gasteiger partial charge in [0.2, 0.25) is 11.6 Å². The van der Waals surface area contributed by atoms with Gasteiger partial charge in [0, 0.05) is 19.5 Å². The molecule has 2 atom stereocenters. The Kier molecular flexibility index (Phi) is 8.71. The molecule has 1 N–H and O–H groups in total. The fraction of sp³-hybridized carbons (Fsp3) is 0.500. The molecule has 2 aromatic rings. The van der Waals surface area contributed by atoms with Gasteiger partial charge in [-0.05, 0) is 56.5 Å². The number of nitrogens with zero attached hydrogens (tertiary/aromatic N) is 2. The molecule has 0 saturated carbocycles. The topological polar surface area (TPSA) is 73.2 Å². The van der Waals surface area contributed by atoms with E-state index >= 15 is 0 Å². The van der Waals surface area contributed by atoms with Crippen molar-refractivity contribution in [1.82, 2.24) is 4.90 Å². The van der Waals surface area contributed by atoms with Crippen molar-refractivity contribution in [3.05, 3.63) is 52.7 Å². The van der Waals surface area contributed by atoms with E-state index in [0.717, 1.165) is 0 Å². The molecule has 2 amide bonds. The summed E-state index contributed by atoms with van der Waals surface area (Å²) < 4.78 is 91.4. The van der Waals surface area contributed by atoms with Crippen molar-refractivity contribution >= 4 is 17.7 Å². The predicted molar refractivity (Wildman–Crippen MR) is 128 cm³/mol. The third-order valence-corrected chi connectivity index (χ3v) is 6.39. The van der Waals surface area contributed by atoms with E-state index in [4.69, 9.17) is 9.47 Å². The van der Waals surface area contributed by atoms with Crippen molar-refractivity contribution in [3.8, 4) is 5.88 Å². The second-order valence-electron chi connectivity index (χ2n) is 9.50. The van der Waals surface area contributed by atoms with Crippen LogP contribution in [-0.4, -0.2) is 36.2 Å². The summed E-state index contributed by atoms with van der Waals surface area (Å²) in [4.78, 5) is 31.5. The lowest BCUT2D eigenvalue weighted by Gasteiger charge is -2.41. The molecule has 1 aliphatic rings. The summed E-state index contributed by atoms with van der Waals surface area (Å²) in [5, 5.41) is 0. The monoisotopic (exact) mass is 562 g/mol. The molecular weight excluding hydrogens is 532 g/mol. The molecule has 1 aromatic carbocycles. The molecule has 0 spiro atoms. The zero-order chi connectivity index (χ0) is 29.3. The molecule has 3 rings (SSSR count). The summed E-state index contributed by atoms with van der Waals surface area (Å²) >= 11 is 0. The number of methoxy groups -OCH3 is 1. The molecule has 13 heteroatoms. The average molecular weight is 563 g/mol. The number of amides is 2. The van der Waals surface area contributed by atoms with Crippen LogP contribution in [0.25, 0.3) is 0 Å². The first-order valence-corrected chi connectivity index (χ1v) is 12.2. The highest BCUT2D eigenvalue weighted by molar-refractivity contribution is 5.90. The number of aromatic amines is 1. The minimum Gasteiger partial charge on any atom is -0.448 e. The Balaban J connectivity index is 2.14. The van der Waals surface area contributed by atoms with Crippen LogP contribution in [0.3, 0.4) is 0 Å². The van der Waals surface area contributed by atoms with Crippen molar-refractivity contribution < 1.29 is 50.4 Å². The van der Waals surface area contributed by atoms with Crippen molar-refractivity contribution in [2.24, 2.45) is 0 Å². The second kappa shape index (κ2) is 11.3. The molecule has 0 bridgehead atoms. The van der Waals surface area contributed by atoms with Crippen LogP contribution in [0.2, 0.25) is 0 Å². The van der Waals surface area contributed by atoms with Gasteiger partial charge in [-0.15, -0.1) is 0 Å². The molecule has 0 saturated heterocycles. The number of carbonyl (C=O) groups is 2. The molecular formula is C26H30F6N3O4+. The van der Waals surface area contributed by atoms with Gasteiger partial charge >= 0.3 is 24.3 Å². The Morgan fingerprint density at radius 3 is 2.13 bits per heavy atom. The van der Waals surface area contributed by atoms with Gasteiger partial charge in [-0.25, -0.2) is 4.79 Å². The standard InChI is InChI=1S/C26H29F6N3O4/c1-6-19-12-21(23-20(7-8-22(33-23)38-5)35(19)24(37)39-14(2)3)34(15(4)36)13-16-9-17(25(27,28)29)11-18(10-16)26(30,31)32/h7-11,14,19,21H,6,12-13H2,1-5H3/p+1. The summed E-state index contributed by atoms with van der Waals surface area (Å²) in [6, 6.07) is 3.09. The molecule has 1 aliphatic heterocycles. The summed E-state index contributed by atoms with van der Waals surface area (Å²) in [7, 11) is 1.39. The number of alkyl halides is 6. The zero-order valence-electron chi connectivity index (χ0n) is 22.0. The molecule has 0 radical (unpaired) electrons. The smallest absolute Gasteiger partial charge is 0.416 e. The number of halogens is 6. The van der Waals surface area contributed by atoms with Gasteiger partial charge in [-0.2, -0.15) is 31.3 Å². The first-order chi connectivity index (χ1) is 18.1. The van der Waals surface area contributed by atoms with Crippen LogP contribution in [0.15, 0.2) is 30.3 Å². The molecule has 214 valence electrons. The molecule has 0 fully saturated rings. The highest BCUT2D eigenvalue weighted by Crippen LogP contribution is 2.42. The van der Waals surface area contributed by atoms with Gasteiger partial charge in [0.1, 0.15) is 11.7 Å². The van der Waals surface area contributed by atoms with Gasteiger partial charge in [0.15, 0.2) is 0 Å². The number of hydrogen-bond donors (Lipinski definition) is 0. The van der Waals surface area contributed by atoms with Gasteiger partial charge in [-0.1, -0.05) is 6.92 Å². The number of nitrogens with one attached hydrogen (secondary N) is 1. The average Bonchev–Trinajstić information content (AvgIpc) is 2.84. The lowest BCUT2D eigenvalue weighted by Crippen LogP contribution is -2.50. The number of benzene rings is 1. The number of ether oxygens (including phenoxy) is 2. The highest BCUT2D eigenvalue weighted by Gasteiger charge is 2.44. The van der Waals surface area contributed by atoms with Crippen LogP contribution in [-0.2, 0) is 28.4 Å². The van der Waals surface area contributed by atoms with E-state index in [1.165, 1.54) is 23.8 Å². The molecule has 7 nitrogen and oxygen atoms in total. The number of pyridine rings is 1. The molecule has 2 heterocycles. The number of carbonyl (C=O) groups excluding carboxylic acids is 2. The van der Waals surface area contributed by atoms with Crippen LogP contribution >= 0.6 is 0 Å². The predicted octanol–water partition coefficient (Wildman–Crippen LogP) is 6.17. The maximum Gasteiger partial charge on any atom is 0.416 e. The third kappa shape index (κ3) is 6.74. The van der Waals surface area contributed by atoms with E-state index in [9.17, 15) is 35.9 Å². The van der Waals surface area contributed by atoms with Crippen LogP contribution in [0, 0.1) is 0 Å². The number of H-pyrrole nitrogens is 1. The Labute approximate surface area is 221 Å². The fourth-order valence-electron chi connectivity index (χ4n) is 4.63. The largest absolute Gasteiger partial charge is 0.448 e. The van der Waals surface area contributed by atoms with Gasteiger partial charge < -0.3 is 14.4 Å². The quantitative estimate of drug-likeness (QED) is 0.395.